The molecule has 1 aromatic heterocycles. The highest BCUT2D eigenvalue weighted by molar-refractivity contribution is 6.15. The van der Waals surface area contributed by atoms with Gasteiger partial charge in [-0.25, -0.2) is 9.69 Å². The molecule has 0 radical (unpaired) electrons. The van der Waals surface area contributed by atoms with Crippen molar-refractivity contribution in [2.24, 2.45) is 0 Å². The minimum absolute atomic E-state index is 0.0830. The lowest BCUT2D eigenvalue weighted by Gasteiger charge is -2.07. The predicted octanol–water partition coefficient (Wildman–Crippen LogP) is 0.485. The zero-order valence-corrected chi connectivity index (χ0v) is 10.3. The maximum atomic E-state index is 11.9. The predicted molar refractivity (Wildman–Crippen MR) is 66.0 cm³/mol. The monoisotopic (exact) mass is 263 g/mol. The van der Waals surface area contributed by atoms with Crippen LogP contribution in [0.3, 0.4) is 0 Å². The van der Waals surface area contributed by atoms with Crippen molar-refractivity contribution in [2.75, 3.05) is 6.54 Å². The fraction of sp³-hybridized carbons (Fsp3) is 0.250. The van der Waals surface area contributed by atoms with Crippen molar-refractivity contribution >= 4 is 24.0 Å². The van der Waals surface area contributed by atoms with Gasteiger partial charge in [-0.15, -0.1) is 0 Å². The van der Waals surface area contributed by atoms with Gasteiger partial charge in [0.1, 0.15) is 12.2 Å². The highest BCUT2D eigenvalue weighted by atomic mass is 16.4. The average molecular weight is 263 g/mol. The van der Waals surface area contributed by atoms with Crippen molar-refractivity contribution in [3.63, 3.8) is 0 Å². The largest absolute Gasteiger partial charge is 0.480 e. The Morgan fingerprint density at radius 1 is 1.47 bits per heavy atom. The van der Waals surface area contributed by atoms with Gasteiger partial charge in [-0.1, -0.05) is 0 Å². The second-order valence-electron chi connectivity index (χ2n) is 3.99. The first-order valence-electron chi connectivity index (χ1n) is 5.74. The maximum absolute atomic E-state index is 11.9. The fourth-order valence-electron chi connectivity index (χ4n) is 1.84. The van der Waals surface area contributed by atoms with Crippen LogP contribution in [0.15, 0.2) is 24.0 Å². The molecule has 0 bridgehead atoms. The summed E-state index contributed by atoms with van der Waals surface area (Å²) in [6.07, 6.45) is 3.38. The summed E-state index contributed by atoms with van der Waals surface area (Å²) in [6.45, 7) is 2.04. The third kappa shape index (κ3) is 2.49. The van der Waals surface area contributed by atoms with E-state index in [0.717, 1.165) is 12.2 Å². The Morgan fingerprint density at radius 2 is 2.21 bits per heavy atom. The van der Waals surface area contributed by atoms with Gasteiger partial charge in [0, 0.05) is 18.4 Å². The van der Waals surface area contributed by atoms with Gasteiger partial charge in [0.2, 0.25) is 0 Å². The Labute approximate surface area is 109 Å². The molecular weight excluding hydrogens is 250 g/mol. The molecular formula is C12H13N3O4. The molecule has 0 unspecified atom stereocenters. The molecule has 7 nitrogen and oxygen atoms in total. The van der Waals surface area contributed by atoms with Crippen molar-refractivity contribution in [3.05, 3.63) is 29.7 Å². The molecule has 2 N–H and O–H groups in total. The molecule has 0 aliphatic carbocycles. The Kier molecular flexibility index (Phi) is 3.37. The number of amides is 3. The van der Waals surface area contributed by atoms with E-state index in [4.69, 9.17) is 5.11 Å². The van der Waals surface area contributed by atoms with E-state index in [0.29, 0.717) is 4.90 Å². The van der Waals surface area contributed by atoms with E-state index < -0.39 is 24.5 Å². The summed E-state index contributed by atoms with van der Waals surface area (Å²) in [4.78, 5) is 34.6. The number of nitrogens with zero attached hydrogens (tertiary/aromatic N) is 2. The Bertz CT molecular complexity index is 573. The number of aromatic nitrogens is 1. The van der Waals surface area contributed by atoms with Gasteiger partial charge >= 0.3 is 12.0 Å². The fourth-order valence-corrected chi connectivity index (χ4v) is 1.84. The standard InChI is InChI=1S/C12H13N3O4/c1-2-14-5-3-4-8(14)6-9-11(18)15(7-10(16)17)12(19)13-9/h3-6H,2,7H2,1H3,(H,13,19)(H,16,17)/b9-6+. The summed E-state index contributed by atoms with van der Waals surface area (Å²) >= 11 is 0. The van der Waals surface area contributed by atoms with Crippen molar-refractivity contribution in [3.8, 4) is 0 Å². The van der Waals surface area contributed by atoms with Gasteiger partial charge < -0.3 is 15.0 Å². The minimum Gasteiger partial charge on any atom is -0.480 e. The van der Waals surface area contributed by atoms with Crippen molar-refractivity contribution in [2.45, 2.75) is 13.5 Å². The van der Waals surface area contributed by atoms with E-state index in [1.807, 2.05) is 23.8 Å². The summed E-state index contributed by atoms with van der Waals surface area (Å²) in [5, 5.41) is 11.0. The zero-order chi connectivity index (χ0) is 14.0. The summed E-state index contributed by atoms with van der Waals surface area (Å²) < 4.78 is 1.90. The highest BCUT2D eigenvalue weighted by Crippen LogP contribution is 2.14. The number of carbonyl (C=O) groups is 3. The minimum atomic E-state index is -1.23. The number of aliphatic carboxylic acids is 1. The first kappa shape index (κ1) is 12.9. The highest BCUT2D eigenvalue weighted by Gasteiger charge is 2.34. The Balaban J connectivity index is 2.25. The van der Waals surface area contributed by atoms with E-state index in [1.165, 1.54) is 6.08 Å². The van der Waals surface area contributed by atoms with Gasteiger partial charge in [-0.3, -0.25) is 9.59 Å². The van der Waals surface area contributed by atoms with Crippen LogP contribution in [-0.4, -0.2) is 39.0 Å². The van der Waals surface area contributed by atoms with Gasteiger partial charge in [0.15, 0.2) is 0 Å². The van der Waals surface area contributed by atoms with E-state index >= 15 is 0 Å². The molecule has 0 spiro atoms. The third-order valence-corrected chi connectivity index (χ3v) is 2.75. The van der Waals surface area contributed by atoms with Crippen LogP contribution in [-0.2, 0) is 16.1 Å². The number of aryl methyl sites for hydroxylation is 1. The number of hydrogen-bond acceptors (Lipinski definition) is 3. The number of carbonyl (C=O) groups excluding carboxylic acids is 2. The summed E-state index contributed by atoms with van der Waals surface area (Å²) in [6, 6.07) is 2.91. The molecule has 19 heavy (non-hydrogen) atoms. The molecule has 1 aliphatic rings. The van der Waals surface area contributed by atoms with E-state index in [9.17, 15) is 14.4 Å². The number of nitrogens with one attached hydrogen (secondary N) is 1. The summed E-state index contributed by atoms with van der Waals surface area (Å²) in [5.74, 6) is -1.86. The number of carboxylic acids is 1. The molecule has 7 heteroatoms. The smallest absolute Gasteiger partial charge is 0.329 e. The molecule has 0 atom stereocenters. The topological polar surface area (TPSA) is 91.6 Å². The van der Waals surface area contributed by atoms with Crippen molar-refractivity contribution in [1.29, 1.82) is 0 Å². The van der Waals surface area contributed by atoms with Crippen LogP contribution in [0.4, 0.5) is 4.79 Å². The van der Waals surface area contributed by atoms with Crippen LogP contribution in [0.1, 0.15) is 12.6 Å². The first-order valence-corrected chi connectivity index (χ1v) is 5.74. The van der Waals surface area contributed by atoms with Crippen LogP contribution in [0.5, 0.6) is 0 Å². The lowest BCUT2D eigenvalue weighted by Crippen LogP contribution is -2.35. The van der Waals surface area contributed by atoms with Gasteiger partial charge in [0.05, 0.1) is 0 Å². The number of urea groups is 1. The molecule has 100 valence electrons. The zero-order valence-electron chi connectivity index (χ0n) is 10.3. The Morgan fingerprint density at radius 3 is 2.84 bits per heavy atom. The summed E-state index contributed by atoms with van der Waals surface area (Å²) in [5.41, 5.74) is 0.850. The number of carboxylic acid groups (broad SMARTS) is 1. The first-order chi connectivity index (χ1) is 9.02. The van der Waals surface area contributed by atoms with E-state index in [-0.39, 0.29) is 5.70 Å². The molecule has 1 fully saturated rings. The van der Waals surface area contributed by atoms with E-state index in [1.54, 1.807) is 6.07 Å². The van der Waals surface area contributed by atoms with Crippen molar-refractivity contribution in [1.82, 2.24) is 14.8 Å². The second kappa shape index (κ2) is 4.97. The lowest BCUT2D eigenvalue weighted by molar-refractivity contribution is -0.140. The Hall–Kier alpha value is -2.57. The van der Waals surface area contributed by atoms with Gasteiger partial charge in [0.25, 0.3) is 5.91 Å². The number of hydrogen-bond donors (Lipinski definition) is 2. The molecule has 3 amide bonds. The number of rotatable bonds is 4. The van der Waals surface area contributed by atoms with Crippen LogP contribution in [0.25, 0.3) is 6.08 Å². The molecule has 1 aliphatic heterocycles. The van der Waals surface area contributed by atoms with Gasteiger partial charge in [-0.05, 0) is 25.1 Å². The van der Waals surface area contributed by atoms with Crippen LogP contribution < -0.4 is 5.32 Å². The third-order valence-electron chi connectivity index (χ3n) is 2.75. The quantitative estimate of drug-likeness (QED) is 0.610. The molecule has 1 saturated heterocycles. The van der Waals surface area contributed by atoms with Crippen LogP contribution >= 0.6 is 0 Å². The second-order valence-corrected chi connectivity index (χ2v) is 3.99. The number of imide groups is 1. The van der Waals surface area contributed by atoms with Crippen LogP contribution in [0.2, 0.25) is 0 Å². The van der Waals surface area contributed by atoms with Crippen molar-refractivity contribution < 1.29 is 19.5 Å². The van der Waals surface area contributed by atoms with Gasteiger partial charge in [-0.2, -0.15) is 0 Å². The molecule has 2 heterocycles. The molecule has 1 aromatic rings. The molecule has 0 saturated carbocycles. The maximum Gasteiger partial charge on any atom is 0.329 e. The molecule has 2 rings (SSSR count). The van der Waals surface area contributed by atoms with Crippen LogP contribution in [0, 0.1) is 0 Å². The SMILES string of the molecule is CCn1cccc1/C=C1/NC(=O)N(CC(=O)O)C1=O. The molecule has 0 aromatic carbocycles. The summed E-state index contributed by atoms with van der Waals surface area (Å²) in [7, 11) is 0. The average Bonchev–Trinajstić information content (AvgIpc) is 2.89. The lowest BCUT2D eigenvalue weighted by atomic mass is 10.3. The van der Waals surface area contributed by atoms with E-state index in [2.05, 4.69) is 5.32 Å². The normalized spacial score (nSPS) is 17.1.